The van der Waals surface area contributed by atoms with Crippen LogP contribution in [0.3, 0.4) is 0 Å². The van der Waals surface area contributed by atoms with Gasteiger partial charge in [-0.05, 0) is 36.8 Å². The van der Waals surface area contributed by atoms with Crippen molar-refractivity contribution in [3.63, 3.8) is 0 Å². The topological polar surface area (TPSA) is 88.4 Å². The van der Waals surface area contributed by atoms with Crippen LogP contribution in [0, 0.1) is 6.92 Å². The molecule has 0 saturated carbocycles. The van der Waals surface area contributed by atoms with E-state index in [0.29, 0.717) is 10.0 Å². The number of benzene rings is 1. The molecular weight excluding hydrogens is 348 g/mol. The summed E-state index contributed by atoms with van der Waals surface area (Å²) in [5.41, 5.74) is 2.65. The summed E-state index contributed by atoms with van der Waals surface area (Å²) in [5.74, 6) is -0.662. The van der Waals surface area contributed by atoms with Crippen LogP contribution in [0.4, 0.5) is 0 Å². The first-order valence-corrected chi connectivity index (χ1v) is 7.79. The molecule has 8 heteroatoms. The van der Waals surface area contributed by atoms with Crippen molar-refractivity contribution in [2.75, 3.05) is 0 Å². The molecule has 0 aliphatic carbocycles. The molecule has 1 heterocycles. The van der Waals surface area contributed by atoms with Gasteiger partial charge < -0.3 is 4.42 Å². The zero-order valence-electron chi connectivity index (χ0n) is 10.4. The summed E-state index contributed by atoms with van der Waals surface area (Å²) in [5, 5.41) is 0. The van der Waals surface area contributed by atoms with Crippen molar-refractivity contribution in [3.05, 3.63) is 52.4 Å². The molecule has 2 rings (SSSR count). The van der Waals surface area contributed by atoms with Crippen molar-refractivity contribution in [2.24, 2.45) is 0 Å². The molecule has 0 spiro atoms. The summed E-state index contributed by atoms with van der Waals surface area (Å²) in [6, 6.07) is 7.80. The second kappa shape index (κ2) is 5.78. The minimum atomic E-state index is -3.85. The average molecular weight is 359 g/mol. The van der Waals surface area contributed by atoms with Crippen LogP contribution in [0.1, 0.15) is 16.1 Å². The fraction of sp³-hybridized carbons (Fsp3) is 0.0833. The third kappa shape index (κ3) is 3.27. The van der Waals surface area contributed by atoms with E-state index in [-0.39, 0.29) is 10.7 Å². The molecule has 1 aromatic carbocycles. The number of hydrazine groups is 1. The molecule has 6 nitrogen and oxygen atoms in total. The maximum atomic E-state index is 12.1. The van der Waals surface area contributed by atoms with Gasteiger partial charge in [0, 0.05) is 4.47 Å². The smallest absolute Gasteiger partial charge is 0.301 e. The molecule has 0 unspecified atom stereocenters. The highest BCUT2D eigenvalue weighted by molar-refractivity contribution is 9.10. The minimum Gasteiger partial charge on any atom is -0.459 e. The van der Waals surface area contributed by atoms with E-state index in [9.17, 15) is 13.2 Å². The molecule has 0 radical (unpaired) electrons. The summed E-state index contributed by atoms with van der Waals surface area (Å²) in [6.45, 7) is 1.66. The third-order valence-electron chi connectivity index (χ3n) is 2.48. The van der Waals surface area contributed by atoms with Gasteiger partial charge in [-0.1, -0.05) is 22.0 Å². The molecule has 20 heavy (non-hydrogen) atoms. The summed E-state index contributed by atoms with van der Waals surface area (Å²) in [6.07, 6.45) is 1.32. The Morgan fingerprint density at radius 1 is 1.30 bits per heavy atom. The Labute approximate surface area is 124 Å². The van der Waals surface area contributed by atoms with Crippen LogP contribution in [0.25, 0.3) is 0 Å². The zero-order valence-corrected chi connectivity index (χ0v) is 12.8. The number of carbonyl (C=O) groups excluding carboxylic acids is 1. The summed E-state index contributed by atoms with van der Waals surface area (Å²) < 4.78 is 29.7. The van der Waals surface area contributed by atoms with E-state index >= 15 is 0 Å². The van der Waals surface area contributed by atoms with E-state index in [1.54, 1.807) is 19.1 Å². The van der Waals surface area contributed by atoms with Gasteiger partial charge in [0.15, 0.2) is 5.76 Å². The van der Waals surface area contributed by atoms with Gasteiger partial charge in [-0.3, -0.25) is 10.2 Å². The quantitative estimate of drug-likeness (QED) is 0.817. The molecule has 0 aliphatic heterocycles. The van der Waals surface area contributed by atoms with Gasteiger partial charge in [-0.25, -0.2) is 8.42 Å². The molecule has 0 fully saturated rings. The predicted octanol–water partition coefficient (Wildman–Crippen LogP) is 1.97. The van der Waals surface area contributed by atoms with Gasteiger partial charge >= 0.3 is 5.91 Å². The number of halogens is 1. The lowest BCUT2D eigenvalue weighted by Crippen LogP contribution is -2.41. The van der Waals surface area contributed by atoms with Gasteiger partial charge in [-0.2, -0.15) is 0 Å². The Morgan fingerprint density at radius 3 is 2.70 bits per heavy atom. The maximum Gasteiger partial charge on any atom is 0.301 e. The predicted molar refractivity (Wildman–Crippen MR) is 75.4 cm³/mol. The van der Waals surface area contributed by atoms with E-state index in [4.69, 9.17) is 4.42 Å². The fourth-order valence-electron chi connectivity index (χ4n) is 1.50. The Morgan fingerprint density at radius 2 is 2.05 bits per heavy atom. The number of carbonyl (C=O) groups is 1. The third-order valence-corrected chi connectivity index (χ3v) is 4.37. The monoisotopic (exact) mass is 358 g/mol. The van der Waals surface area contributed by atoms with Crippen LogP contribution in [0.2, 0.25) is 0 Å². The van der Waals surface area contributed by atoms with Gasteiger partial charge in [0.2, 0.25) is 0 Å². The van der Waals surface area contributed by atoms with E-state index in [1.807, 2.05) is 4.83 Å². The van der Waals surface area contributed by atoms with E-state index < -0.39 is 15.9 Å². The molecule has 2 N–H and O–H groups in total. The van der Waals surface area contributed by atoms with Crippen molar-refractivity contribution in [1.82, 2.24) is 10.3 Å². The first-order valence-electron chi connectivity index (χ1n) is 5.52. The van der Waals surface area contributed by atoms with Crippen molar-refractivity contribution in [3.8, 4) is 0 Å². The molecule has 0 saturated heterocycles. The average Bonchev–Trinajstić information content (AvgIpc) is 2.93. The molecule has 0 aliphatic rings. The van der Waals surface area contributed by atoms with Gasteiger partial charge in [0.05, 0.1) is 11.2 Å². The second-order valence-electron chi connectivity index (χ2n) is 3.95. The number of aryl methyl sites for hydroxylation is 1. The molecule has 106 valence electrons. The van der Waals surface area contributed by atoms with Crippen molar-refractivity contribution >= 4 is 31.9 Å². The Kier molecular flexibility index (Phi) is 4.26. The first-order chi connectivity index (χ1) is 9.40. The van der Waals surface area contributed by atoms with E-state index in [0.717, 1.165) is 0 Å². The lowest BCUT2D eigenvalue weighted by molar-refractivity contribution is 0.0917. The SMILES string of the molecule is Cc1ccc(Br)cc1S(=O)(=O)NNC(=O)c1ccco1. The second-order valence-corrected chi connectivity index (χ2v) is 6.51. The van der Waals surface area contributed by atoms with Crippen LogP contribution in [0.15, 0.2) is 50.4 Å². The van der Waals surface area contributed by atoms with Crippen LogP contribution < -0.4 is 10.3 Å². The van der Waals surface area contributed by atoms with E-state index in [2.05, 4.69) is 21.4 Å². The van der Waals surface area contributed by atoms with Crippen molar-refractivity contribution in [2.45, 2.75) is 11.8 Å². The first kappa shape index (κ1) is 14.8. The Balaban J connectivity index is 2.16. The number of sulfonamides is 1. The lowest BCUT2D eigenvalue weighted by Gasteiger charge is -2.10. The summed E-state index contributed by atoms with van der Waals surface area (Å²) in [7, 11) is -3.85. The minimum absolute atomic E-state index is 0.0127. The molecule has 0 atom stereocenters. The zero-order chi connectivity index (χ0) is 14.8. The van der Waals surface area contributed by atoms with Crippen molar-refractivity contribution in [1.29, 1.82) is 0 Å². The van der Waals surface area contributed by atoms with E-state index in [1.165, 1.54) is 24.5 Å². The highest BCUT2D eigenvalue weighted by Crippen LogP contribution is 2.20. The Hall–Kier alpha value is -1.64. The molecule has 1 amide bonds. The van der Waals surface area contributed by atoms with Crippen LogP contribution in [-0.4, -0.2) is 14.3 Å². The highest BCUT2D eigenvalue weighted by Gasteiger charge is 2.19. The molecule has 0 bridgehead atoms. The van der Waals surface area contributed by atoms with Gasteiger partial charge in [0.25, 0.3) is 10.0 Å². The number of hydrogen-bond donors (Lipinski definition) is 2. The largest absolute Gasteiger partial charge is 0.459 e. The molecular formula is C12H11BrN2O4S. The van der Waals surface area contributed by atoms with Crippen LogP contribution >= 0.6 is 15.9 Å². The number of amides is 1. The van der Waals surface area contributed by atoms with Crippen LogP contribution in [0.5, 0.6) is 0 Å². The molecule has 1 aromatic heterocycles. The molecule has 2 aromatic rings. The Bertz CT molecular complexity index is 726. The fourth-order valence-corrected chi connectivity index (χ4v) is 3.12. The van der Waals surface area contributed by atoms with Crippen molar-refractivity contribution < 1.29 is 17.6 Å². The standard InChI is InChI=1S/C12H11BrN2O4S/c1-8-4-5-9(13)7-11(8)20(17,18)15-14-12(16)10-3-2-6-19-10/h2-7,15H,1H3,(H,14,16). The van der Waals surface area contributed by atoms with Gasteiger partial charge in [-0.15, -0.1) is 4.83 Å². The lowest BCUT2D eigenvalue weighted by atomic mass is 10.2. The normalized spacial score (nSPS) is 11.3. The highest BCUT2D eigenvalue weighted by atomic mass is 79.9. The maximum absolute atomic E-state index is 12.1. The van der Waals surface area contributed by atoms with Gasteiger partial charge in [0.1, 0.15) is 0 Å². The number of hydrogen-bond acceptors (Lipinski definition) is 4. The number of rotatable bonds is 4. The summed E-state index contributed by atoms with van der Waals surface area (Å²) >= 11 is 3.21. The number of furan rings is 1. The number of nitrogens with one attached hydrogen (secondary N) is 2. The van der Waals surface area contributed by atoms with Crippen LogP contribution in [-0.2, 0) is 10.0 Å². The summed E-state index contributed by atoms with van der Waals surface area (Å²) in [4.78, 5) is 13.7.